The largest absolute Gasteiger partial charge is 0.501 e. The van der Waals surface area contributed by atoms with Gasteiger partial charge in [-0.25, -0.2) is 4.79 Å². The van der Waals surface area contributed by atoms with E-state index in [4.69, 9.17) is 4.74 Å². The number of amides is 1. The summed E-state index contributed by atoms with van der Waals surface area (Å²) in [7, 11) is 0. The van der Waals surface area contributed by atoms with Gasteiger partial charge < -0.3 is 25.3 Å². The zero-order valence-corrected chi connectivity index (χ0v) is 16.9. The molecule has 1 aliphatic rings. The highest BCUT2D eigenvalue weighted by molar-refractivity contribution is 5.79. The van der Waals surface area contributed by atoms with E-state index in [0.717, 1.165) is 22.3 Å². The minimum Gasteiger partial charge on any atom is -0.501 e. The molecule has 0 atom stereocenters. The molecule has 0 saturated carbocycles. The van der Waals surface area contributed by atoms with E-state index in [1.54, 1.807) is 0 Å². The molecule has 0 bridgehead atoms. The molecule has 0 unspecified atom stereocenters. The van der Waals surface area contributed by atoms with Crippen molar-refractivity contribution in [2.24, 2.45) is 0 Å². The summed E-state index contributed by atoms with van der Waals surface area (Å²) in [6.45, 7) is 0.483. The van der Waals surface area contributed by atoms with Gasteiger partial charge in [0, 0.05) is 24.9 Å². The number of ether oxygens (including phenoxy) is 1. The van der Waals surface area contributed by atoms with Crippen LogP contribution in [-0.2, 0) is 4.74 Å². The highest BCUT2D eigenvalue weighted by atomic mass is 16.6. The fraction of sp³-hybridized carbons (Fsp3) is 0.167. The number of nitro groups is 1. The maximum absolute atomic E-state index is 12.1. The first-order valence-corrected chi connectivity index (χ1v) is 9.96. The standard InChI is InChI=1S/C24H19N3O5/c28-22-13-12-16(26-23(22)27(30)31)7-5-6-14-25-24(29)32-15-21-19-10-3-1-8-17(19)18-9-2-4-11-20(18)21/h1-4,8-13,21,28H,6,14-15H2,(H,25,29). The zero-order valence-electron chi connectivity index (χ0n) is 16.9. The molecule has 4 rings (SSSR count). The van der Waals surface area contributed by atoms with Crippen molar-refractivity contribution in [3.05, 3.63) is 87.6 Å². The third-order valence-electron chi connectivity index (χ3n) is 5.11. The first-order valence-electron chi connectivity index (χ1n) is 9.96. The maximum atomic E-state index is 12.1. The first-order chi connectivity index (χ1) is 15.5. The smallest absolute Gasteiger partial charge is 0.407 e. The van der Waals surface area contributed by atoms with Gasteiger partial charge in [0.25, 0.3) is 0 Å². The van der Waals surface area contributed by atoms with E-state index in [1.165, 1.54) is 12.1 Å². The molecule has 8 heteroatoms. The Hall–Kier alpha value is -4.38. The number of fused-ring (bicyclic) bond motifs is 3. The fourth-order valence-corrected chi connectivity index (χ4v) is 3.67. The number of alkyl carbamates (subject to hydrolysis) is 1. The normalized spacial score (nSPS) is 11.6. The number of rotatable bonds is 5. The summed E-state index contributed by atoms with van der Waals surface area (Å²) in [4.78, 5) is 25.8. The third-order valence-corrected chi connectivity index (χ3v) is 5.11. The van der Waals surface area contributed by atoms with Crippen LogP contribution in [0.25, 0.3) is 11.1 Å². The first kappa shape index (κ1) is 20.9. The number of benzene rings is 2. The Morgan fingerprint density at radius 1 is 1.09 bits per heavy atom. The van der Waals surface area contributed by atoms with Crippen LogP contribution in [0.5, 0.6) is 5.75 Å². The molecule has 1 amide bonds. The predicted octanol–water partition coefficient (Wildman–Crippen LogP) is 3.98. The SMILES string of the molecule is O=C(NCCC#Cc1ccc(O)c([N+](=O)[O-])n1)OCC1c2ccccc2-c2ccccc21. The van der Waals surface area contributed by atoms with Gasteiger partial charge in [0.05, 0.1) is 0 Å². The van der Waals surface area contributed by atoms with Crippen LogP contribution in [0.4, 0.5) is 10.6 Å². The van der Waals surface area contributed by atoms with E-state index < -0.39 is 22.6 Å². The Kier molecular flexibility index (Phi) is 5.99. The van der Waals surface area contributed by atoms with Gasteiger partial charge in [-0.1, -0.05) is 54.5 Å². The van der Waals surface area contributed by atoms with Crippen molar-refractivity contribution >= 4 is 11.9 Å². The van der Waals surface area contributed by atoms with E-state index in [2.05, 4.69) is 46.4 Å². The van der Waals surface area contributed by atoms with Crippen LogP contribution >= 0.6 is 0 Å². The molecule has 0 radical (unpaired) electrons. The van der Waals surface area contributed by atoms with Gasteiger partial charge in [0.2, 0.25) is 11.4 Å². The summed E-state index contributed by atoms with van der Waals surface area (Å²) in [6, 6.07) is 18.8. The monoisotopic (exact) mass is 429 g/mol. The minimum atomic E-state index is -0.779. The summed E-state index contributed by atoms with van der Waals surface area (Å²) in [5.74, 6) is 4.28. The van der Waals surface area contributed by atoms with Gasteiger partial charge in [-0.15, -0.1) is 0 Å². The molecular weight excluding hydrogens is 410 g/mol. The molecule has 2 N–H and O–H groups in total. The molecule has 160 valence electrons. The number of nitrogens with zero attached hydrogens (tertiary/aromatic N) is 2. The molecular formula is C24H19N3O5. The summed E-state index contributed by atoms with van der Waals surface area (Å²) in [5.41, 5.74) is 4.77. The van der Waals surface area contributed by atoms with Gasteiger partial charge in [-0.05, 0) is 44.1 Å². The summed E-state index contributed by atoms with van der Waals surface area (Å²) < 4.78 is 5.45. The van der Waals surface area contributed by atoms with Crippen LogP contribution in [0.1, 0.15) is 29.2 Å². The molecule has 0 saturated heterocycles. The second-order valence-electron chi connectivity index (χ2n) is 7.10. The number of carbonyl (C=O) groups excluding carboxylic acids is 1. The molecule has 32 heavy (non-hydrogen) atoms. The zero-order chi connectivity index (χ0) is 22.5. The lowest BCUT2D eigenvalue weighted by molar-refractivity contribution is -0.390. The molecule has 0 aliphatic heterocycles. The molecule has 1 aromatic heterocycles. The number of hydrogen-bond donors (Lipinski definition) is 2. The molecule has 8 nitrogen and oxygen atoms in total. The topological polar surface area (TPSA) is 115 Å². The number of aromatic hydroxyl groups is 1. The van der Waals surface area contributed by atoms with Crippen LogP contribution in [0, 0.1) is 22.0 Å². The second kappa shape index (κ2) is 9.18. The molecule has 0 fully saturated rings. The Morgan fingerprint density at radius 3 is 2.41 bits per heavy atom. The molecule has 2 aromatic carbocycles. The van der Waals surface area contributed by atoms with Crippen LogP contribution in [0.3, 0.4) is 0 Å². The third kappa shape index (κ3) is 4.37. The van der Waals surface area contributed by atoms with Crippen LogP contribution in [0.2, 0.25) is 0 Å². The van der Waals surface area contributed by atoms with E-state index in [0.29, 0.717) is 6.42 Å². The summed E-state index contributed by atoms with van der Waals surface area (Å²) >= 11 is 0. The average molecular weight is 429 g/mol. The van der Waals surface area contributed by atoms with Gasteiger partial charge in [-0.2, -0.15) is 0 Å². The van der Waals surface area contributed by atoms with E-state index >= 15 is 0 Å². The quantitative estimate of drug-likeness (QED) is 0.274. The molecule has 1 aliphatic carbocycles. The lowest BCUT2D eigenvalue weighted by Gasteiger charge is -2.14. The van der Waals surface area contributed by atoms with Crippen molar-refractivity contribution in [2.75, 3.05) is 13.2 Å². The summed E-state index contributed by atoms with van der Waals surface area (Å²) in [5, 5.41) is 22.8. The van der Waals surface area contributed by atoms with Gasteiger partial charge in [0.15, 0.2) is 0 Å². The lowest BCUT2D eigenvalue weighted by atomic mass is 9.98. The van der Waals surface area contributed by atoms with E-state index in [1.807, 2.05) is 24.3 Å². The minimum absolute atomic E-state index is 0.00990. The number of pyridine rings is 1. The van der Waals surface area contributed by atoms with Crippen molar-refractivity contribution in [1.82, 2.24) is 10.3 Å². The number of aromatic nitrogens is 1. The fourth-order valence-electron chi connectivity index (χ4n) is 3.67. The maximum Gasteiger partial charge on any atom is 0.407 e. The second-order valence-corrected chi connectivity index (χ2v) is 7.10. The molecule has 3 aromatic rings. The van der Waals surface area contributed by atoms with Gasteiger partial charge in [-0.3, -0.25) is 0 Å². The number of nitrogens with one attached hydrogen (secondary N) is 1. The highest BCUT2D eigenvalue weighted by Crippen LogP contribution is 2.44. The number of hydrogen-bond acceptors (Lipinski definition) is 6. The van der Waals surface area contributed by atoms with Crippen LogP contribution in [-0.4, -0.2) is 34.3 Å². The van der Waals surface area contributed by atoms with Gasteiger partial charge >= 0.3 is 11.9 Å². The van der Waals surface area contributed by atoms with Crippen molar-refractivity contribution in [1.29, 1.82) is 0 Å². The number of carbonyl (C=O) groups is 1. The average Bonchev–Trinajstić information content (AvgIpc) is 3.12. The predicted molar refractivity (Wildman–Crippen MR) is 117 cm³/mol. The highest BCUT2D eigenvalue weighted by Gasteiger charge is 2.28. The van der Waals surface area contributed by atoms with Gasteiger partial charge in [0.1, 0.15) is 6.61 Å². The molecule has 0 spiro atoms. The van der Waals surface area contributed by atoms with Crippen LogP contribution < -0.4 is 5.32 Å². The molecule has 1 heterocycles. The Morgan fingerprint density at radius 2 is 1.75 bits per heavy atom. The van der Waals surface area contributed by atoms with E-state index in [9.17, 15) is 20.0 Å². The van der Waals surface area contributed by atoms with Crippen LogP contribution in [0.15, 0.2) is 60.7 Å². The van der Waals surface area contributed by atoms with Crippen molar-refractivity contribution < 1.29 is 19.6 Å². The Balaban J connectivity index is 1.29. The van der Waals surface area contributed by atoms with Crippen molar-refractivity contribution in [3.8, 4) is 28.7 Å². The van der Waals surface area contributed by atoms with Crippen molar-refractivity contribution in [3.63, 3.8) is 0 Å². The van der Waals surface area contributed by atoms with Crippen molar-refractivity contribution in [2.45, 2.75) is 12.3 Å². The Labute approximate surface area is 184 Å². The summed E-state index contributed by atoms with van der Waals surface area (Å²) in [6.07, 6.45) is -0.229. The lowest BCUT2D eigenvalue weighted by Crippen LogP contribution is -2.26. The Bertz CT molecular complexity index is 1200. The van der Waals surface area contributed by atoms with E-state index in [-0.39, 0.29) is 24.8 Å².